The van der Waals surface area contributed by atoms with Crippen LogP contribution in [0.3, 0.4) is 0 Å². The van der Waals surface area contributed by atoms with Gasteiger partial charge < -0.3 is 15.3 Å². The highest BCUT2D eigenvalue weighted by molar-refractivity contribution is 5.35. The molecule has 5 atom stereocenters. The Morgan fingerprint density at radius 1 is 1.24 bits per heavy atom. The van der Waals surface area contributed by atoms with Gasteiger partial charge in [0.2, 0.25) is 0 Å². The van der Waals surface area contributed by atoms with Gasteiger partial charge in [-0.25, -0.2) is 0 Å². The van der Waals surface area contributed by atoms with Crippen molar-refractivity contribution in [1.82, 2.24) is 0 Å². The van der Waals surface area contributed by atoms with Crippen molar-refractivity contribution in [1.29, 1.82) is 0 Å². The van der Waals surface area contributed by atoms with Crippen molar-refractivity contribution in [3.05, 3.63) is 34.9 Å². The van der Waals surface area contributed by atoms with Crippen molar-refractivity contribution in [2.45, 2.75) is 96.9 Å². The van der Waals surface area contributed by atoms with Crippen LogP contribution < -0.4 is 0 Å². The first kappa shape index (κ1) is 22.3. The number of hydrogen-bond donors (Lipinski definition) is 3. The molecule has 3 heteroatoms. The molecule has 0 spiro atoms. The van der Waals surface area contributed by atoms with Crippen LogP contribution in [-0.4, -0.2) is 33.1 Å². The molecule has 3 nitrogen and oxygen atoms in total. The highest BCUT2D eigenvalue weighted by Gasteiger charge is 2.45. The van der Waals surface area contributed by atoms with E-state index in [-0.39, 0.29) is 5.41 Å². The first-order valence-electron chi connectivity index (χ1n) is 11.3. The van der Waals surface area contributed by atoms with Gasteiger partial charge in [0, 0.05) is 6.42 Å². The van der Waals surface area contributed by atoms with Gasteiger partial charge in [0.05, 0.1) is 12.2 Å². The standard InChI is InChI=1S/C26H38O3/c1-18(7-5-13-25(2,3)29)23-11-12-24-20(8-6-14-26(23,24)4)10-9-19-15-21(27)17-22(28)16-19/h9-11,18,21-22,24,27-29H,6-8,12,14-17H2,1-4H3/t18?,21-,22?,24?,26-/m1/s1. The summed E-state index contributed by atoms with van der Waals surface area (Å²) in [6.45, 7) is 8.15. The molecule has 3 rings (SSSR count). The van der Waals surface area contributed by atoms with Gasteiger partial charge in [0.25, 0.3) is 0 Å². The largest absolute Gasteiger partial charge is 0.393 e. The summed E-state index contributed by atoms with van der Waals surface area (Å²) >= 11 is 0. The Kier molecular flexibility index (Phi) is 6.78. The van der Waals surface area contributed by atoms with Crippen molar-refractivity contribution in [3.63, 3.8) is 0 Å². The lowest BCUT2D eigenvalue weighted by Gasteiger charge is -2.42. The number of hydrogen-bond acceptors (Lipinski definition) is 3. The fourth-order valence-corrected chi connectivity index (χ4v) is 5.68. The van der Waals surface area contributed by atoms with Crippen LogP contribution in [0.1, 0.15) is 79.1 Å². The van der Waals surface area contributed by atoms with Gasteiger partial charge in [-0.3, -0.25) is 0 Å². The van der Waals surface area contributed by atoms with Crippen molar-refractivity contribution in [3.8, 4) is 11.8 Å². The maximum atomic E-state index is 9.94. The van der Waals surface area contributed by atoms with Gasteiger partial charge in [-0.05, 0) is 76.0 Å². The molecule has 2 fully saturated rings. The Morgan fingerprint density at radius 2 is 1.93 bits per heavy atom. The van der Waals surface area contributed by atoms with Gasteiger partial charge in [0.15, 0.2) is 0 Å². The van der Waals surface area contributed by atoms with Crippen molar-refractivity contribution in [2.75, 3.05) is 0 Å². The molecule has 3 aliphatic carbocycles. The molecule has 3 unspecified atom stereocenters. The fraction of sp³-hybridized carbons (Fsp3) is 0.692. The van der Waals surface area contributed by atoms with Crippen molar-refractivity contribution < 1.29 is 15.3 Å². The van der Waals surface area contributed by atoms with Gasteiger partial charge in [0.1, 0.15) is 5.60 Å². The third-order valence-electron chi connectivity index (χ3n) is 7.02. The molecule has 0 heterocycles. The van der Waals surface area contributed by atoms with E-state index in [2.05, 4.69) is 43.9 Å². The number of allylic oxidation sites excluding steroid dienone is 5. The first-order chi connectivity index (χ1) is 13.6. The van der Waals surface area contributed by atoms with E-state index in [9.17, 15) is 15.3 Å². The maximum Gasteiger partial charge on any atom is 0.119 e. The summed E-state index contributed by atoms with van der Waals surface area (Å²) < 4.78 is 0. The van der Waals surface area contributed by atoms with Crippen molar-refractivity contribution in [2.24, 2.45) is 17.3 Å². The second kappa shape index (κ2) is 8.80. The molecular weight excluding hydrogens is 360 g/mol. The van der Waals surface area contributed by atoms with Crippen LogP contribution >= 0.6 is 0 Å². The Bertz CT molecular complexity index is 743. The molecule has 29 heavy (non-hydrogen) atoms. The molecule has 0 aromatic rings. The average Bonchev–Trinajstić information content (AvgIpc) is 2.95. The zero-order valence-corrected chi connectivity index (χ0v) is 18.5. The van der Waals surface area contributed by atoms with E-state index in [4.69, 9.17) is 0 Å². The summed E-state index contributed by atoms with van der Waals surface area (Å²) in [4.78, 5) is 0. The number of aliphatic hydroxyl groups is 3. The zero-order chi connectivity index (χ0) is 21.2. The number of fused-ring (bicyclic) bond motifs is 1. The van der Waals surface area contributed by atoms with Crippen LogP contribution in [0.25, 0.3) is 0 Å². The van der Waals surface area contributed by atoms with Crippen LogP contribution in [0.4, 0.5) is 0 Å². The number of rotatable bonds is 3. The molecule has 0 aromatic heterocycles. The zero-order valence-electron chi connectivity index (χ0n) is 18.5. The second-order valence-electron chi connectivity index (χ2n) is 10.2. The predicted molar refractivity (Wildman–Crippen MR) is 118 cm³/mol. The summed E-state index contributed by atoms with van der Waals surface area (Å²) in [6, 6.07) is 0. The third-order valence-corrected chi connectivity index (χ3v) is 7.02. The minimum absolute atomic E-state index is 0.198. The molecule has 0 amide bonds. The van der Waals surface area contributed by atoms with Crippen LogP contribution in [-0.2, 0) is 0 Å². The quantitative estimate of drug-likeness (QED) is 0.478. The van der Waals surface area contributed by atoms with E-state index in [1.807, 2.05) is 0 Å². The lowest BCUT2D eigenvalue weighted by atomic mass is 9.62. The summed E-state index contributed by atoms with van der Waals surface area (Å²) in [5.41, 5.74) is 3.49. The lowest BCUT2D eigenvalue weighted by molar-refractivity contribution is 0.0609. The van der Waals surface area contributed by atoms with E-state index in [1.165, 1.54) is 24.0 Å². The molecular formula is C26H38O3. The molecule has 160 valence electrons. The molecule has 0 aromatic carbocycles. The Hall–Kier alpha value is -1.34. The van der Waals surface area contributed by atoms with Crippen LogP contribution in [0.2, 0.25) is 0 Å². The van der Waals surface area contributed by atoms with E-state index >= 15 is 0 Å². The summed E-state index contributed by atoms with van der Waals surface area (Å²) in [6.07, 6.45) is 13.4. The van der Waals surface area contributed by atoms with Gasteiger partial charge >= 0.3 is 0 Å². The Balaban J connectivity index is 1.72. The topological polar surface area (TPSA) is 60.7 Å². The summed E-state index contributed by atoms with van der Waals surface area (Å²) in [7, 11) is 0. The highest BCUT2D eigenvalue weighted by atomic mass is 16.3. The van der Waals surface area contributed by atoms with Crippen LogP contribution in [0, 0.1) is 29.1 Å². The van der Waals surface area contributed by atoms with E-state index in [0.29, 0.717) is 31.1 Å². The second-order valence-corrected chi connectivity index (χ2v) is 10.2. The molecule has 0 saturated heterocycles. The van der Waals surface area contributed by atoms with E-state index < -0.39 is 17.8 Å². The monoisotopic (exact) mass is 398 g/mol. The van der Waals surface area contributed by atoms with Crippen LogP contribution in [0.15, 0.2) is 34.9 Å². The SMILES string of the molecule is CC(CC#CC(C)(C)O)C1=CCC2C(=CC=C3CC(O)C[C@H](O)C3)CCC[C@]12C. The predicted octanol–water partition coefficient (Wildman–Crippen LogP) is 4.68. The Morgan fingerprint density at radius 3 is 2.59 bits per heavy atom. The minimum Gasteiger partial charge on any atom is -0.393 e. The maximum absolute atomic E-state index is 9.94. The summed E-state index contributed by atoms with van der Waals surface area (Å²) in [5, 5.41) is 29.7. The van der Waals surface area contributed by atoms with E-state index in [1.54, 1.807) is 13.8 Å². The molecule has 2 saturated carbocycles. The van der Waals surface area contributed by atoms with Gasteiger partial charge in [-0.1, -0.05) is 60.6 Å². The highest BCUT2D eigenvalue weighted by Crippen LogP contribution is 2.56. The van der Waals surface area contributed by atoms with Crippen molar-refractivity contribution >= 4 is 0 Å². The normalized spacial score (nSPS) is 36.4. The van der Waals surface area contributed by atoms with Crippen LogP contribution in [0.5, 0.6) is 0 Å². The molecule has 3 N–H and O–H groups in total. The minimum atomic E-state index is -0.926. The van der Waals surface area contributed by atoms with Gasteiger partial charge in [-0.15, -0.1) is 0 Å². The first-order valence-corrected chi connectivity index (χ1v) is 11.3. The number of aliphatic hydroxyl groups excluding tert-OH is 2. The molecule has 0 bridgehead atoms. The molecule has 3 aliphatic rings. The third kappa shape index (κ3) is 5.43. The van der Waals surface area contributed by atoms with Gasteiger partial charge in [-0.2, -0.15) is 0 Å². The van der Waals surface area contributed by atoms with E-state index in [0.717, 1.165) is 24.8 Å². The summed E-state index contributed by atoms with van der Waals surface area (Å²) in [5.74, 6) is 7.09. The average molecular weight is 399 g/mol. The fourth-order valence-electron chi connectivity index (χ4n) is 5.68. The Labute approximate surface area is 176 Å². The lowest BCUT2D eigenvalue weighted by Crippen LogP contribution is -2.32. The molecule has 0 aliphatic heterocycles. The molecule has 0 radical (unpaired) electrons. The smallest absolute Gasteiger partial charge is 0.119 e.